The highest BCUT2D eigenvalue weighted by atomic mass is 16.3. The number of imide groups is 1. The molecule has 2 N–H and O–H groups in total. The predicted molar refractivity (Wildman–Crippen MR) is 74.1 cm³/mol. The van der Waals surface area contributed by atoms with Gasteiger partial charge in [-0.3, -0.25) is 9.69 Å². The van der Waals surface area contributed by atoms with Gasteiger partial charge in [-0.2, -0.15) is 0 Å². The van der Waals surface area contributed by atoms with Crippen LogP contribution in [0.3, 0.4) is 0 Å². The van der Waals surface area contributed by atoms with Gasteiger partial charge in [-0.25, -0.2) is 4.79 Å². The van der Waals surface area contributed by atoms with Crippen molar-refractivity contribution in [3.8, 4) is 0 Å². The summed E-state index contributed by atoms with van der Waals surface area (Å²) >= 11 is 0. The number of hydrogen-bond acceptors (Lipinski definition) is 4. The molecule has 1 aliphatic heterocycles. The fourth-order valence-electron chi connectivity index (χ4n) is 2.26. The van der Waals surface area contributed by atoms with E-state index in [1.165, 1.54) is 11.2 Å². The molecule has 1 aliphatic rings. The zero-order chi connectivity index (χ0) is 14.8. The minimum Gasteiger partial charge on any atom is -0.466 e. The van der Waals surface area contributed by atoms with Gasteiger partial charge >= 0.3 is 6.03 Å². The number of carbonyl (C=O) groups excluding carboxylic acids is 2. The largest absolute Gasteiger partial charge is 0.466 e. The summed E-state index contributed by atoms with van der Waals surface area (Å²) in [5, 5.41) is 5.96. The number of hydrogen-bond donors (Lipinski definition) is 2. The Kier molecular flexibility index (Phi) is 4.13. The monoisotopic (exact) mass is 279 g/mol. The second kappa shape index (κ2) is 5.66. The van der Waals surface area contributed by atoms with Crippen molar-refractivity contribution >= 4 is 11.9 Å². The first-order valence-electron chi connectivity index (χ1n) is 6.86. The Hall–Kier alpha value is -1.82. The SMILES string of the molecule is CC(C)NCCCN1C(=O)NC(C)(c2ccco2)C1=O. The van der Waals surface area contributed by atoms with E-state index in [0.29, 0.717) is 18.3 Å². The number of amides is 3. The topological polar surface area (TPSA) is 74.6 Å². The summed E-state index contributed by atoms with van der Waals surface area (Å²) in [7, 11) is 0. The summed E-state index contributed by atoms with van der Waals surface area (Å²) < 4.78 is 5.27. The molecule has 0 saturated carbocycles. The summed E-state index contributed by atoms with van der Waals surface area (Å²) in [6.07, 6.45) is 2.22. The van der Waals surface area contributed by atoms with Crippen molar-refractivity contribution < 1.29 is 14.0 Å². The van der Waals surface area contributed by atoms with Crippen LogP contribution in [0.1, 0.15) is 33.0 Å². The number of rotatable bonds is 6. The van der Waals surface area contributed by atoms with Gasteiger partial charge in [-0.1, -0.05) is 13.8 Å². The second-order valence-electron chi connectivity index (χ2n) is 5.45. The summed E-state index contributed by atoms with van der Waals surface area (Å²) in [6, 6.07) is 3.43. The van der Waals surface area contributed by atoms with E-state index in [-0.39, 0.29) is 11.9 Å². The van der Waals surface area contributed by atoms with Crippen molar-refractivity contribution in [3.63, 3.8) is 0 Å². The Balaban J connectivity index is 1.99. The van der Waals surface area contributed by atoms with Gasteiger partial charge in [0.2, 0.25) is 0 Å². The van der Waals surface area contributed by atoms with Crippen LogP contribution in [0.4, 0.5) is 4.79 Å². The van der Waals surface area contributed by atoms with E-state index in [9.17, 15) is 9.59 Å². The van der Waals surface area contributed by atoms with Crippen LogP contribution in [0.25, 0.3) is 0 Å². The summed E-state index contributed by atoms with van der Waals surface area (Å²) in [6.45, 7) is 6.95. The molecule has 3 amide bonds. The van der Waals surface area contributed by atoms with Crippen molar-refractivity contribution in [2.24, 2.45) is 0 Å². The van der Waals surface area contributed by atoms with Gasteiger partial charge in [0, 0.05) is 12.6 Å². The lowest BCUT2D eigenvalue weighted by molar-refractivity contribution is -0.131. The molecule has 0 aromatic carbocycles. The van der Waals surface area contributed by atoms with E-state index in [4.69, 9.17) is 4.42 Å². The van der Waals surface area contributed by atoms with Gasteiger partial charge < -0.3 is 15.1 Å². The van der Waals surface area contributed by atoms with Crippen LogP contribution in [-0.4, -0.2) is 36.0 Å². The Morgan fingerprint density at radius 1 is 1.45 bits per heavy atom. The molecule has 6 heteroatoms. The van der Waals surface area contributed by atoms with E-state index in [1.54, 1.807) is 19.1 Å². The summed E-state index contributed by atoms with van der Waals surface area (Å²) in [5.74, 6) is 0.195. The highest BCUT2D eigenvalue weighted by Crippen LogP contribution is 2.28. The fourth-order valence-corrected chi connectivity index (χ4v) is 2.26. The van der Waals surface area contributed by atoms with Crippen LogP contribution in [0.2, 0.25) is 0 Å². The van der Waals surface area contributed by atoms with Gasteiger partial charge in [0.25, 0.3) is 5.91 Å². The van der Waals surface area contributed by atoms with E-state index in [2.05, 4.69) is 24.5 Å². The molecule has 0 aliphatic carbocycles. The van der Waals surface area contributed by atoms with Crippen molar-refractivity contribution in [2.75, 3.05) is 13.1 Å². The molecule has 1 fully saturated rings. The highest BCUT2D eigenvalue weighted by Gasteiger charge is 2.50. The smallest absolute Gasteiger partial charge is 0.325 e. The first-order valence-corrected chi connectivity index (χ1v) is 6.86. The average Bonchev–Trinajstić information content (AvgIpc) is 2.97. The molecule has 0 bridgehead atoms. The van der Waals surface area contributed by atoms with Crippen LogP contribution in [0, 0.1) is 0 Å². The van der Waals surface area contributed by atoms with Crippen LogP contribution in [0.15, 0.2) is 22.8 Å². The fraction of sp³-hybridized carbons (Fsp3) is 0.571. The highest BCUT2D eigenvalue weighted by molar-refractivity contribution is 6.06. The maximum Gasteiger partial charge on any atom is 0.325 e. The second-order valence-corrected chi connectivity index (χ2v) is 5.45. The molecule has 0 radical (unpaired) electrons. The summed E-state index contributed by atoms with van der Waals surface area (Å²) in [5.41, 5.74) is -1.09. The molecule has 0 spiro atoms. The first-order chi connectivity index (χ1) is 9.45. The summed E-state index contributed by atoms with van der Waals surface area (Å²) in [4.78, 5) is 25.6. The van der Waals surface area contributed by atoms with Crippen LogP contribution in [0.5, 0.6) is 0 Å². The number of nitrogens with one attached hydrogen (secondary N) is 2. The third-order valence-corrected chi connectivity index (χ3v) is 3.40. The minimum absolute atomic E-state index is 0.262. The normalized spacial score (nSPS) is 22.7. The number of urea groups is 1. The third kappa shape index (κ3) is 2.70. The lowest BCUT2D eigenvalue weighted by Gasteiger charge is -2.19. The maximum absolute atomic E-state index is 12.4. The minimum atomic E-state index is -1.09. The van der Waals surface area contributed by atoms with Crippen LogP contribution in [-0.2, 0) is 10.3 Å². The zero-order valence-electron chi connectivity index (χ0n) is 12.1. The van der Waals surface area contributed by atoms with Crippen molar-refractivity contribution in [3.05, 3.63) is 24.2 Å². The van der Waals surface area contributed by atoms with E-state index < -0.39 is 5.54 Å². The standard InChI is InChI=1S/C14H21N3O3/c1-10(2)15-7-5-8-17-12(18)14(3,16-13(17)19)11-6-4-9-20-11/h4,6,9-10,15H,5,7-8H2,1-3H3,(H,16,19). The van der Waals surface area contributed by atoms with E-state index in [0.717, 1.165) is 13.0 Å². The van der Waals surface area contributed by atoms with Crippen molar-refractivity contribution in [2.45, 2.75) is 38.8 Å². The van der Waals surface area contributed by atoms with Gasteiger partial charge in [0.1, 0.15) is 5.76 Å². The molecular formula is C14H21N3O3. The molecular weight excluding hydrogens is 258 g/mol. The Morgan fingerprint density at radius 2 is 2.20 bits per heavy atom. The number of furan rings is 1. The van der Waals surface area contributed by atoms with Crippen LogP contribution >= 0.6 is 0 Å². The molecule has 1 aromatic rings. The number of carbonyl (C=O) groups is 2. The molecule has 2 heterocycles. The number of nitrogens with zero attached hydrogens (tertiary/aromatic N) is 1. The van der Waals surface area contributed by atoms with Crippen molar-refractivity contribution in [1.29, 1.82) is 0 Å². The lowest BCUT2D eigenvalue weighted by atomic mass is 9.99. The lowest BCUT2D eigenvalue weighted by Crippen LogP contribution is -2.40. The third-order valence-electron chi connectivity index (χ3n) is 3.40. The molecule has 6 nitrogen and oxygen atoms in total. The predicted octanol–water partition coefficient (Wildman–Crippen LogP) is 1.43. The Labute approximate surface area is 118 Å². The Bertz CT molecular complexity index is 484. The molecule has 20 heavy (non-hydrogen) atoms. The van der Waals surface area contributed by atoms with Crippen molar-refractivity contribution in [1.82, 2.24) is 15.5 Å². The van der Waals surface area contributed by atoms with E-state index >= 15 is 0 Å². The molecule has 1 atom stereocenters. The quantitative estimate of drug-likeness (QED) is 0.610. The maximum atomic E-state index is 12.4. The van der Waals surface area contributed by atoms with Gasteiger partial charge in [-0.05, 0) is 32.0 Å². The molecule has 2 rings (SSSR count). The first kappa shape index (κ1) is 14.6. The van der Waals surface area contributed by atoms with Gasteiger partial charge in [-0.15, -0.1) is 0 Å². The molecule has 1 aromatic heterocycles. The molecule has 1 saturated heterocycles. The van der Waals surface area contributed by atoms with Gasteiger partial charge in [0.15, 0.2) is 5.54 Å². The molecule has 1 unspecified atom stereocenters. The van der Waals surface area contributed by atoms with Gasteiger partial charge in [0.05, 0.1) is 6.26 Å². The van der Waals surface area contributed by atoms with E-state index in [1.807, 2.05) is 0 Å². The average molecular weight is 279 g/mol. The Morgan fingerprint density at radius 3 is 2.80 bits per heavy atom. The van der Waals surface area contributed by atoms with Crippen LogP contribution < -0.4 is 10.6 Å². The zero-order valence-corrected chi connectivity index (χ0v) is 12.1. The molecule has 110 valence electrons.